The minimum Gasteiger partial charge on any atom is -0.466 e. The number of aliphatic hydroxyl groups excluding tert-OH is 2. The zero-order valence-corrected chi connectivity index (χ0v) is 36.0. The molecule has 0 saturated carbocycles. The molecular formula is C48H91NO5. The fraction of sp³-hybridized carbons (Fsp3) is 0.875. The third-order valence-electron chi connectivity index (χ3n) is 10.7. The van der Waals surface area contributed by atoms with Gasteiger partial charge in [-0.2, -0.15) is 0 Å². The summed E-state index contributed by atoms with van der Waals surface area (Å²) in [5.74, 6) is -0.118. The Morgan fingerprint density at radius 2 is 0.870 bits per heavy atom. The van der Waals surface area contributed by atoms with Crippen molar-refractivity contribution in [3.8, 4) is 0 Å². The molecule has 0 aromatic carbocycles. The average Bonchev–Trinajstić information content (AvgIpc) is 3.17. The lowest BCUT2D eigenvalue weighted by atomic mass is 10.0. The molecular weight excluding hydrogens is 671 g/mol. The summed E-state index contributed by atoms with van der Waals surface area (Å²) >= 11 is 0. The third kappa shape index (κ3) is 40.0. The Balaban J connectivity index is 3.55. The van der Waals surface area contributed by atoms with Crippen molar-refractivity contribution in [3.05, 3.63) is 24.3 Å². The van der Waals surface area contributed by atoms with Crippen LogP contribution in [-0.2, 0) is 14.3 Å². The molecule has 3 N–H and O–H groups in total. The summed E-state index contributed by atoms with van der Waals surface area (Å²) in [6, 6.07) is -0.566. The number of allylic oxidation sites excluding steroid dienone is 4. The lowest BCUT2D eigenvalue weighted by Crippen LogP contribution is -2.45. The summed E-state index contributed by atoms with van der Waals surface area (Å²) in [6.45, 7) is 4.83. The van der Waals surface area contributed by atoms with Gasteiger partial charge in [0.1, 0.15) is 0 Å². The minimum absolute atomic E-state index is 0.0461. The van der Waals surface area contributed by atoms with Crippen molar-refractivity contribution in [2.45, 2.75) is 257 Å². The van der Waals surface area contributed by atoms with E-state index < -0.39 is 12.1 Å². The van der Waals surface area contributed by atoms with Crippen molar-refractivity contribution < 1.29 is 24.5 Å². The van der Waals surface area contributed by atoms with Crippen molar-refractivity contribution in [1.82, 2.24) is 5.32 Å². The molecule has 2 atom stereocenters. The maximum Gasteiger partial charge on any atom is 0.305 e. The molecule has 0 radical (unpaired) electrons. The summed E-state index contributed by atoms with van der Waals surface area (Å²) in [5, 5.41) is 23.1. The highest BCUT2D eigenvalue weighted by Crippen LogP contribution is 2.15. The molecule has 0 heterocycles. The van der Waals surface area contributed by atoms with Gasteiger partial charge in [0.25, 0.3) is 0 Å². The molecule has 0 aromatic rings. The molecule has 0 bridgehead atoms. The number of ether oxygens (including phenoxy) is 1. The van der Waals surface area contributed by atoms with Crippen molar-refractivity contribution in [2.24, 2.45) is 0 Å². The highest BCUT2D eigenvalue weighted by Gasteiger charge is 2.20. The normalized spacial score (nSPS) is 12.9. The number of esters is 1. The number of carbonyl (C=O) groups excluding carboxylic acids is 2. The number of unbranched alkanes of at least 4 members (excludes halogenated alkanes) is 28. The minimum atomic E-state index is -0.685. The summed E-state index contributed by atoms with van der Waals surface area (Å²) in [7, 11) is 0. The van der Waals surface area contributed by atoms with Gasteiger partial charge in [0.2, 0.25) is 5.91 Å². The van der Waals surface area contributed by atoms with Gasteiger partial charge >= 0.3 is 5.97 Å². The maximum atomic E-state index is 12.4. The molecule has 54 heavy (non-hydrogen) atoms. The van der Waals surface area contributed by atoms with E-state index in [2.05, 4.69) is 43.5 Å². The van der Waals surface area contributed by atoms with Gasteiger partial charge in [0.15, 0.2) is 0 Å². The number of rotatable bonds is 43. The fourth-order valence-electron chi connectivity index (χ4n) is 7.04. The predicted octanol–water partition coefficient (Wildman–Crippen LogP) is 13.6. The Bertz CT molecular complexity index is 843. The van der Waals surface area contributed by atoms with Crippen LogP contribution in [0.5, 0.6) is 0 Å². The van der Waals surface area contributed by atoms with Gasteiger partial charge in [-0.05, 0) is 77.0 Å². The summed E-state index contributed by atoms with van der Waals surface area (Å²) in [6.07, 6.45) is 49.9. The number of carbonyl (C=O) groups is 2. The van der Waals surface area contributed by atoms with E-state index in [1.54, 1.807) is 0 Å². The van der Waals surface area contributed by atoms with Gasteiger partial charge in [-0.25, -0.2) is 0 Å². The molecule has 0 saturated heterocycles. The molecule has 0 aromatic heterocycles. The van der Waals surface area contributed by atoms with E-state index >= 15 is 0 Å². The van der Waals surface area contributed by atoms with Crippen LogP contribution in [0.2, 0.25) is 0 Å². The first-order valence-electron chi connectivity index (χ1n) is 23.6. The molecule has 2 unspecified atom stereocenters. The summed E-state index contributed by atoms with van der Waals surface area (Å²) in [4.78, 5) is 24.4. The van der Waals surface area contributed by atoms with Crippen LogP contribution in [0.25, 0.3) is 0 Å². The van der Waals surface area contributed by atoms with Crippen molar-refractivity contribution in [3.63, 3.8) is 0 Å². The van der Waals surface area contributed by atoms with Crippen LogP contribution < -0.4 is 5.32 Å². The molecule has 0 aliphatic rings. The predicted molar refractivity (Wildman–Crippen MR) is 232 cm³/mol. The number of nitrogens with one attached hydrogen (secondary N) is 1. The Morgan fingerprint density at radius 3 is 1.33 bits per heavy atom. The highest BCUT2D eigenvalue weighted by atomic mass is 16.5. The zero-order chi connectivity index (χ0) is 39.4. The van der Waals surface area contributed by atoms with E-state index in [0.29, 0.717) is 25.9 Å². The number of hydrogen-bond acceptors (Lipinski definition) is 5. The van der Waals surface area contributed by atoms with Gasteiger partial charge < -0.3 is 20.3 Å². The molecule has 0 fully saturated rings. The number of amides is 1. The number of hydrogen-bond donors (Lipinski definition) is 3. The van der Waals surface area contributed by atoms with Gasteiger partial charge in [-0.3, -0.25) is 9.59 Å². The van der Waals surface area contributed by atoms with E-state index in [9.17, 15) is 19.8 Å². The molecule has 0 spiro atoms. The lowest BCUT2D eigenvalue weighted by Gasteiger charge is -2.22. The van der Waals surface area contributed by atoms with Crippen molar-refractivity contribution in [1.29, 1.82) is 0 Å². The first-order chi connectivity index (χ1) is 26.5. The zero-order valence-electron chi connectivity index (χ0n) is 36.0. The van der Waals surface area contributed by atoms with Gasteiger partial charge in [-0.15, -0.1) is 0 Å². The van der Waals surface area contributed by atoms with Gasteiger partial charge in [0, 0.05) is 12.8 Å². The molecule has 1 amide bonds. The topological polar surface area (TPSA) is 95.9 Å². The van der Waals surface area contributed by atoms with Crippen LogP contribution in [0, 0.1) is 0 Å². The Kier molecular flexibility index (Phi) is 42.7. The van der Waals surface area contributed by atoms with Gasteiger partial charge in [-0.1, -0.05) is 179 Å². The molecule has 0 aliphatic heterocycles. The van der Waals surface area contributed by atoms with Crippen LogP contribution in [0.3, 0.4) is 0 Å². The summed E-state index contributed by atoms with van der Waals surface area (Å²) in [5.41, 5.74) is 0. The van der Waals surface area contributed by atoms with Crippen LogP contribution in [0.15, 0.2) is 24.3 Å². The Hall–Kier alpha value is -1.66. The van der Waals surface area contributed by atoms with E-state index in [1.165, 1.54) is 135 Å². The second-order valence-corrected chi connectivity index (χ2v) is 16.1. The van der Waals surface area contributed by atoms with E-state index in [4.69, 9.17) is 4.74 Å². The summed E-state index contributed by atoms with van der Waals surface area (Å²) < 4.78 is 5.41. The lowest BCUT2D eigenvalue weighted by molar-refractivity contribution is -0.143. The van der Waals surface area contributed by atoms with Crippen LogP contribution in [-0.4, -0.2) is 47.4 Å². The number of aliphatic hydroxyl groups is 2. The second kappa shape index (κ2) is 44.1. The second-order valence-electron chi connectivity index (χ2n) is 16.1. The smallest absolute Gasteiger partial charge is 0.305 e. The fourth-order valence-corrected chi connectivity index (χ4v) is 7.04. The van der Waals surface area contributed by atoms with Crippen LogP contribution in [0.4, 0.5) is 0 Å². The van der Waals surface area contributed by atoms with E-state index in [1.807, 2.05) is 0 Å². The first kappa shape index (κ1) is 52.3. The van der Waals surface area contributed by atoms with Crippen molar-refractivity contribution >= 4 is 11.9 Å². The first-order valence-corrected chi connectivity index (χ1v) is 23.6. The standard InChI is InChI=1S/C48H91NO5/c1-3-5-7-9-11-13-15-17-19-20-24-28-32-36-40-46(51)45(44-50)49-47(52)41-37-33-29-25-22-23-27-31-35-39-43-54-48(53)42-38-34-30-26-21-18-16-14-12-10-8-6-4-2/h14,16,23,27,45-46,50-51H,3-13,15,17-22,24-26,28-44H2,1-2H3,(H,49,52)/b16-14-,27-23-. The van der Waals surface area contributed by atoms with E-state index in [0.717, 1.165) is 77.0 Å². The SMILES string of the molecule is CCCCCC/C=C\CCCCCCCC(=O)OCCCC/C=C\CCCCCCC(=O)NC(CO)C(O)CCCCCCCCCCCCCCCC. The molecule has 318 valence electrons. The average molecular weight is 762 g/mol. The largest absolute Gasteiger partial charge is 0.466 e. The maximum absolute atomic E-state index is 12.4. The molecule has 0 rings (SSSR count). The van der Waals surface area contributed by atoms with Crippen LogP contribution >= 0.6 is 0 Å². The molecule has 6 heteroatoms. The van der Waals surface area contributed by atoms with Crippen molar-refractivity contribution in [2.75, 3.05) is 13.2 Å². The monoisotopic (exact) mass is 762 g/mol. The van der Waals surface area contributed by atoms with Gasteiger partial charge in [0.05, 0.1) is 25.4 Å². The quantitative estimate of drug-likeness (QED) is 0.0327. The van der Waals surface area contributed by atoms with Crippen LogP contribution in [0.1, 0.15) is 245 Å². The highest BCUT2D eigenvalue weighted by molar-refractivity contribution is 5.76. The molecule has 0 aliphatic carbocycles. The van der Waals surface area contributed by atoms with E-state index in [-0.39, 0.29) is 18.5 Å². The third-order valence-corrected chi connectivity index (χ3v) is 10.7. The Labute approximate surface area is 335 Å². The Morgan fingerprint density at radius 1 is 0.500 bits per heavy atom. The molecule has 6 nitrogen and oxygen atoms in total.